The van der Waals surface area contributed by atoms with Crippen LogP contribution in [0.15, 0.2) is 30.6 Å². The number of carbonyl (C=O) groups is 1. The molecule has 6 heteroatoms. The summed E-state index contributed by atoms with van der Waals surface area (Å²) >= 11 is 0. The lowest BCUT2D eigenvalue weighted by Crippen LogP contribution is -2.05. The SMILES string of the molecule is COC(=O)c1cncc(Oc2cc(C#N)ccc2C)n1. The molecule has 6 nitrogen and oxygen atoms in total. The molecule has 0 fully saturated rings. The summed E-state index contributed by atoms with van der Waals surface area (Å²) in [5.41, 5.74) is 1.37. The summed E-state index contributed by atoms with van der Waals surface area (Å²) < 4.78 is 10.1. The van der Waals surface area contributed by atoms with Gasteiger partial charge in [-0.05, 0) is 24.6 Å². The van der Waals surface area contributed by atoms with Crippen molar-refractivity contribution in [1.29, 1.82) is 5.26 Å². The molecule has 0 aliphatic carbocycles. The molecule has 0 radical (unpaired) electrons. The number of aromatic nitrogens is 2. The van der Waals surface area contributed by atoms with Crippen LogP contribution in [-0.4, -0.2) is 23.0 Å². The topological polar surface area (TPSA) is 85.1 Å². The maximum atomic E-state index is 11.4. The van der Waals surface area contributed by atoms with Crippen LogP contribution in [0.25, 0.3) is 0 Å². The van der Waals surface area contributed by atoms with E-state index in [4.69, 9.17) is 10.00 Å². The van der Waals surface area contributed by atoms with Gasteiger partial charge in [-0.25, -0.2) is 9.78 Å². The monoisotopic (exact) mass is 269 g/mol. The number of hydrogen-bond acceptors (Lipinski definition) is 6. The molecule has 20 heavy (non-hydrogen) atoms. The number of methoxy groups -OCH3 is 1. The zero-order valence-electron chi connectivity index (χ0n) is 11.0. The van der Waals surface area contributed by atoms with E-state index in [2.05, 4.69) is 14.7 Å². The predicted molar refractivity (Wildman–Crippen MR) is 69.3 cm³/mol. The third kappa shape index (κ3) is 2.90. The highest BCUT2D eigenvalue weighted by molar-refractivity contribution is 5.86. The van der Waals surface area contributed by atoms with Crippen molar-refractivity contribution in [3.63, 3.8) is 0 Å². The second-order valence-electron chi connectivity index (χ2n) is 3.93. The highest BCUT2D eigenvalue weighted by Crippen LogP contribution is 2.24. The number of hydrogen-bond donors (Lipinski definition) is 0. The van der Waals surface area contributed by atoms with Crippen LogP contribution in [0, 0.1) is 18.3 Å². The van der Waals surface area contributed by atoms with Crippen molar-refractivity contribution < 1.29 is 14.3 Å². The summed E-state index contributed by atoms with van der Waals surface area (Å²) in [5, 5.41) is 8.87. The van der Waals surface area contributed by atoms with Crippen LogP contribution in [0.1, 0.15) is 21.6 Å². The summed E-state index contributed by atoms with van der Waals surface area (Å²) in [7, 11) is 1.26. The van der Waals surface area contributed by atoms with E-state index in [-0.39, 0.29) is 11.6 Å². The van der Waals surface area contributed by atoms with Gasteiger partial charge in [0.2, 0.25) is 5.88 Å². The average molecular weight is 269 g/mol. The van der Waals surface area contributed by atoms with E-state index in [1.165, 1.54) is 19.5 Å². The Morgan fingerprint density at radius 1 is 1.35 bits per heavy atom. The molecular formula is C14H11N3O3. The molecule has 0 amide bonds. The molecule has 0 aliphatic heterocycles. The van der Waals surface area contributed by atoms with Gasteiger partial charge in [-0.2, -0.15) is 5.26 Å². The van der Waals surface area contributed by atoms with E-state index in [0.29, 0.717) is 11.3 Å². The van der Waals surface area contributed by atoms with Crippen LogP contribution in [0.5, 0.6) is 11.6 Å². The van der Waals surface area contributed by atoms with Gasteiger partial charge in [-0.1, -0.05) is 6.07 Å². The molecule has 2 rings (SSSR count). The second-order valence-corrected chi connectivity index (χ2v) is 3.93. The van der Waals surface area contributed by atoms with Gasteiger partial charge in [-0.3, -0.25) is 4.98 Å². The molecule has 0 saturated carbocycles. The number of nitrogens with zero attached hydrogens (tertiary/aromatic N) is 3. The second kappa shape index (κ2) is 5.80. The maximum absolute atomic E-state index is 11.4. The first-order chi connectivity index (χ1) is 9.63. The van der Waals surface area contributed by atoms with Crippen molar-refractivity contribution in [2.75, 3.05) is 7.11 Å². The van der Waals surface area contributed by atoms with Gasteiger partial charge in [0, 0.05) is 0 Å². The van der Waals surface area contributed by atoms with Gasteiger partial charge in [-0.15, -0.1) is 0 Å². The van der Waals surface area contributed by atoms with E-state index in [0.717, 1.165) is 5.56 Å². The van der Waals surface area contributed by atoms with Crippen molar-refractivity contribution in [3.8, 4) is 17.7 Å². The van der Waals surface area contributed by atoms with Gasteiger partial charge in [0.1, 0.15) is 5.75 Å². The normalized spacial score (nSPS) is 9.65. The van der Waals surface area contributed by atoms with Crippen molar-refractivity contribution in [1.82, 2.24) is 9.97 Å². The Kier molecular flexibility index (Phi) is 3.91. The molecule has 0 aliphatic rings. The Balaban J connectivity index is 2.31. The van der Waals surface area contributed by atoms with Crippen LogP contribution < -0.4 is 4.74 Å². The number of carbonyl (C=O) groups excluding carboxylic acids is 1. The van der Waals surface area contributed by atoms with Crippen molar-refractivity contribution in [3.05, 3.63) is 47.4 Å². The van der Waals surface area contributed by atoms with Crippen LogP contribution in [0.2, 0.25) is 0 Å². The van der Waals surface area contributed by atoms with E-state index < -0.39 is 5.97 Å². The molecule has 0 spiro atoms. The third-order valence-electron chi connectivity index (χ3n) is 2.54. The van der Waals surface area contributed by atoms with E-state index in [1.54, 1.807) is 18.2 Å². The summed E-state index contributed by atoms with van der Waals surface area (Å²) in [5.74, 6) is 0.0527. The number of esters is 1. The molecule has 1 aromatic heterocycles. The average Bonchev–Trinajstić information content (AvgIpc) is 2.49. The molecule has 0 unspecified atom stereocenters. The van der Waals surface area contributed by atoms with Crippen LogP contribution in [0.4, 0.5) is 0 Å². The van der Waals surface area contributed by atoms with Gasteiger partial charge in [0.15, 0.2) is 5.69 Å². The maximum Gasteiger partial charge on any atom is 0.358 e. The number of ether oxygens (including phenoxy) is 2. The van der Waals surface area contributed by atoms with Crippen molar-refractivity contribution in [2.24, 2.45) is 0 Å². The summed E-state index contributed by atoms with van der Waals surface area (Å²) in [4.78, 5) is 19.2. The Morgan fingerprint density at radius 2 is 2.15 bits per heavy atom. The Labute approximate surface area is 115 Å². The lowest BCUT2D eigenvalue weighted by molar-refractivity contribution is 0.0592. The van der Waals surface area contributed by atoms with E-state index in [1.807, 2.05) is 13.0 Å². The van der Waals surface area contributed by atoms with Gasteiger partial charge in [0.25, 0.3) is 0 Å². The first-order valence-corrected chi connectivity index (χ1v) is 5.73. The Hall–Kier alpha value is -2.94. The molecule has 0 saturated heterocycles. The predicted octanol–water partition coefficient (Wildman–Crippen LogP) is 2.24. The minimum absolute atomic E-state index is 0.0547. The molecule has 0 bridgehead atoms. The Bertz CT molecular complexity index is 692. The van der Waals surface area contributed by atoms with Crippen LogP contribution in [-0.2, 0) is 4.74 Å². The fraction of sp³-hybridized carbons (Fsp3) is 0.143. The summed E-state index contributed by atoms with van der Waals surface area (Å²) in [6, 6.07) is 7.09. The van der Waals surface area contributed by atoms with Crippen molar-refractivity contribution in [2.45, 2.75) is 6.92 Å². The molecule has 1 aromatic carbocycles. The van der Waals surface area contributed by atoms with Crippen molar-refractivity contribution >= 4 is 5.97 Å². The zero-order chi connectivity index (χ0) is 14.5. The molecule has 2 aromatic rings. The van der Waals surface area contributed by atoms with E-state index >= 15 is 0 Å². The first kappa shape index (κ1) is 13.5. The van der Waals surface area contributed by atoms with Gasteiger partial charge >= 0.3 is 5.97 Å². The minimum Gasteiger partial charge on any atom is -0.464 e. The number of aryl methyl sites for hydroxylation is 1. The zero-order valence-corrected chi connectivity index (χ0v) is 11.0. The molecule has 0 N–H and O–H groups in total. The molecular weight excluding hydrogens is 258 g/mol. The molecule has 100 valence electrons. The third-order valence-corrected chi connectivity index (χ3v) is 2.54. The fourth-order valence-corrected chi connectivity index (χ4v) is 1.49. The lowest BCUT2D eigenvalue weighted by Gasteiger charge is -2.08. The Morgan fingerprint density at radius 3 is 2.85 bits per heavy atom. The number of rotatable bonds is 3. The smallest absolute Gasteiger partial charge is 0.358 e. The lowest BCUT2D eigenvalue weighted by atomic mass is 10.1. The highest BCUT2D eigenvalue weighted by Gasteiger charge is 2.10. The minimum atomic E-state index is -0.592. The largest absolute Gasteiger partial charge is 0.464 e. The van der Waals surface area contributed by atoms with Crippen LogP contribution in [0.3, 0.4) is 0 Å². The highest BCUT2D eigenvalue weighted by atomic mass is 16.5. The number of nitriles is 1. The van der Waals surface area contributed by atoms with Gasteiger partial charge < -0.3 is 9.47 Å². The fourth-order valence-electron chi connectivity index (χ4n) is 1.49. The molecule has 0 atom stereocenters. The first-order valence-electron chi connectivity index (χ1n) is 5.73. The summed E-state index contributed by atoms with van der Waals surface area (Å²) in [6.07, 6.45) is 2.67. The van der Waals surface area contributed by atoms with Gasteiger partial charge in [0.05, 0.1) is 31.1 Å². The van der Waals surface area contributed by atoms with E-state index in [9.17, 15) is 4.79 Å². The summed E-state index contributed by atoms with van der Waals surface area (Å²) in [6.45, 7) is 1.84. The quantitative estimate of drug-likeness (QED) is 0.794. The van der Waals surface area contributed by atoms with Crippen LogP contribution >= 0.6 is 0 Å². The standard InChI is InChI=1S/C14H11N3O3/c1-9-3-4-10(6-15)5-12(9)20-13-8-16-7-11(17-13)14(18)19-2/h3-5,7-8H,1-2H3. The molecule has 1 heterocycles. The number of benzene rings is 1.